The molecule has 3 aromatic rings. The molecule has 0 aliphatic heterocycles. The molecule has 9 heteroatoms. The van der Waals surface area contributed by atoms with Gasteiger partial charge in [-0.3, -0.25) is 9.88 Å². The van der Waals surface area contributed by atoms with E-state index in [1.807, 2.05) is 26.2 Å². The Kier molecular flexibility index (Phi) is 4.39. The van der Waals surface area contributed by atoms with Crippen LogP contribution in [0.5, 0.6) is 0 Å². The fourth-order valence-electron chi connectivity index (χ4n) is 1.97. The number of imidazole rings is 1. The number of anilines is 1. The molecule has 23 heavy (non-hydrogen) atoms. The molecule has 0 aliphatic rings. The van der Waals surface area contributed by atoms with Crippen molar-refractivity contribution in [3.05, 3.63) is 36.2 Å². The van der Waals surface area contributed by atoms with Crippen LogP contribution >= 0.6 is 23.1 Å². The van der Waals surface area contributed by atoms with Crippen molar-refractivity contribution >= 4 is 34.3 Å². The van der Waals surface area contributed by atoms with Crippen LogP contribution in [0, 0.1) is 13.8 Å². The van der Waals surface area contributed by atoms with Gasteiger partial charge in [0.2, 0.25) is 0 Å². The van der Waals surface area contributed by atoms with E-state index in [1.165, 1.54) is 34.0 Å². The summed E-state index contributed by atoms with van der Waals surface area (Å²) in [4.78, 5) is 30.1. The number of hydrogen-bond donors (Lipinski definition) is 1. The van der Waals surface area contributed by atoms with Crippen molar-refractivity contribution in [2.75, 3.05) is 11.6 Å². The van der Waals surface area contributed by atoms with E-state index in [2.05, 4.69) is 25.3 Å². The molecular weight excluding hydrogens is 332 g/mol. The topological polar surface area (TPSA) is 85.6 Å². The number of amides is 1. The molecule has 3 aromatic heterocycles. The van der Waals surface area contributed by atoms with Crippen LogP contribution in [0.2, 0.25) is 0 Å². The average molecular weight is 346 g/mol. The summed E-state index contributed by atoms with van der Waals surface area (Å²) < 4.78 is 1.36. The van der Waals surface area contributed by atoms with Gasteiger partial charge in [-0.2, -0.15) is 0 Å². The first-order valence-corrected chi connectivity index (χ1v) is 8.77. The summed E-state index contributed by atoms with van der Waals surface area (Å²) in [7, 11) is 0. The van der Waals surface area contributed by atoms with Crippen molar-refractivity contribution in [1.82, 2.24) is 24.5 Å². The molecule has 0 radical (unpaired) electrons. The molecular formula is C14H14N6OS2. The molecule has 0 aliphatic carbocycles. The Morgan fingerprint density at radius 3 is 2.83 bits per heavy atom. The second-order valence-electron chi connectivity index (χ2n) is 4.71. The third kappa shape index (κ3) is 3.40. The van der Waals surface area contributed by atoms with Gasteiger partial charge in [0.25, 0.3) is 0 Å². The van der Waals surface area contributed by atoms with Crippen LogP contribution in [0.3, 0.4) is 0 Å². The molecule has 0 atom stereocenters. The molecule has 118 valence electrons. The Hall–Kier alpha value is -2.26. The molecule has 1 N–H and O–H groups in total. The Morgan fingerprint density at radius 1 is 1.30 bits per heavy atom. The molecule has 0 fully saturated rings. The third-order valence-electron chi connectivity index (χ3n) is 3.00. The third-order valence-corrected chi connectivity index (χ3v) is 4.64. The molecule has 1 amide bonds. The first kappa shape index (κ1) is 15.6. The van der Waals surface area contributed by atoms with Gasteiger partial charge in [0.15, 0.2) is 10.3 Å². The van der Waals surface area contributed by atoms with Crippen LogP contribution in [0.15, 0.2) is 29.9 Å². The summed E-state index contributed by atoms with van der Waals surface area (Å²) in [6.45, 7) is 3.83. The first-order valence-electron chi connectivity index (χ1n) is 6.73. The second-order valence-corrected chi connectivity index (χ2v) is 6.49. The molecule has 3 heterocycles. The number of aromatic nitrogens is 5. The monoisotopic (exact) mass is 346 g/mol. The highest BCUT2D eigenvalue weighted by atomic mass is 32.2. The van der Waals surface area contributed by atoms with Crippen LogP contribution in [0.4, 0.5) is 9.93 Å². The van der Waals surface area contributed by atoms with Crippen LogP contribution < -0.4 is 5.32 Å². The number of hydrogen-bond acceptors (Lipinski definition) is 7. The minimum absolute atomic E-state index is 0.300. The van der Waals surface area contributed by atoms with Crippen molar-refractivity contribution < 1.29 is 4.79 Å². The fourth-order valence-corrected chi connectivity index (χ4v) is 3.31. The highest BCUT2D eigenvalue weighted by Crippen LogP contribution is 2.32. The maximum atomic E-state index is 12.0. The van der Waals surface area contributed by atoms with E-state index in [9.17, 15) is 4.79 Å². The normalized spacial score (nSPS) is 10.7. The lowest BCUT2D eigenvalue weighted by Gasteiger charge is -2.02. The number of thiazole rings is 1. The second kappa shape index (κ2) is 6.47. The zero-order valence-electron chi connectivity index (χ0n) is 12.8. The summed E-state index contributed by atoms with van der Waals surface area (Å²) in [6, 6.07) is 1.62. The Bertz CT molecular complexity index is 843. The van der Waals surface area contributed by atoms with Gasteiger partial charge in [-0.1, -0.05) is 23.1 Å². The SMILES string of the molecule is CSc1nc(C)cc(-c2sc(NC(=O)n3ccnc3)nc2C)n1. The van der Waals surface area contributed by atoms with Crippen molar-refractivity contribution in [2.24, 2.45) is 0 Å². The predicted octanol–water partition coefficient (Wildman–Crippen LogP) is 3.22. The molecule has 0 saturated carbocycles. The van der Waals surface area contributed by atoms with E-state index in [4.69, 9.17) is 0 Å². The standard InChI is InChI=1S/C14H14N6OS2/c1-8-6-10(18-12(16-8)22-3)11-9(2)17-13(23-11)19-14(21)20-5-4-15-7-20/h4-7H,1-3H3,(H,17,19,21). The maximum Gasteiger partial charge on any atom is 0.333 e. The number of nitrogens with zero attached hydrogens (tertiary/aromatic N) is 5. The Labute approximate surface area is 141 Å². The predicted molar refractivity (Wildman–Crippen MR) is 91.0 cm³/mol. The number of nitrogens with one attached hydrogen (secondary N) is 1. The number of rotatable bonds is 3. The van der Waals surface area contributed by atoms with E-state index in [0.717, 1.165) is 27.1 Å². The van der Waals surface area contributed by atoms with Gasteiger partial charge in [0.05, 0.1) is 16.3 Å². The minimum atomic E-state index is -0.300. The van der Waals surface area contributed by atoms with Crippen LogP contribution in [0.1, 0.15) is 11.4 Å². The van der Waals surface area contributed by atoms with Crippen molar-refractivity contribution in [3.63, 3.8) is 0 Å². The number of carbonyl (C=O) groups is 1. The van der Waals surface area contributed by atoms with Gasteiger partial charge >= 0.3 is 6.03 Å². The summed E-state index contributed by atoms with van der Waals surface area (Å²) in [5, 5.41) is 4.01. The van der Waals surface area contributed by atoms with Gasteiger partial charge in [0.1, 0.15) is 6.33 Å². The summed E-state index contributed by atoms with van der Waals surface area (Å²) >= 11 is 2.89. The Balaban J connectivity index is 1.89. The maximum absolute atomic E-state index is 12.0. The van der Waals surface area contributed by atoms with Crippen molar-refractivity contribution in [2.45, 2.75) is 19.0 Å². The quantitative estimate of drug-likeness (QED) is 0.579. The van der Waals surface area contributed by atoms with Gasteiger partial charge in [-0.25, -0.2) is 24.7 Å². The Morgan fingerprint density at radius 2 is 2.13 bits per heavy atom. The molecule has 0 unspecified atom stereocenters. The fraction of sp³-hybridized carbons (Fsp3) is 0.214. The summed E-state index contributed by atoms with van der Waals surface area (Å²) in [5.41, 5.74) is 2.54. The number of aryl methyl sites for hydroxylation is 2. The van der Waals surface area contributed by atoms with Crippen molar-refractivity contribution in [3.8, 4) is 10.6 Å². The highest BCUT2D eigenvalue weighted by molar-refractivity contribution is 7.98. The minimum Gasteiger partial charge on any atom is -0.283 e. The number of carbonyl (C=O) groups excluding carboxylic acids is 1. The van der Waals surface area contributed by atoms with Crippen molar-refractivity contribution in [1.29, 1.82) is 0 Å². The first-order chi connectivity index (χ1) is 11.1. The highest BCUT2D eigenvalue weighted by Gasteiger charge is 2.15. The van der Waals surface area contributed by atoms with E-state index in [1.54, 1.807) is 12.4 Å². The zero-order valence-corrected chi connectivity index (χ0v) is 14.4. The van der Waals surface area contributed by atoms with E-state index in [0.29, 0.717) is 5.13 Å². The van der Waals surface area contributed by atoms with Gasteiger partial charge in [-0.15, -0.1) is 0 Å². The van der Waals surface area contributed by atoms with E-state index >= 15 is 0 Å². The largest absolute Gasteiger partial charge is 0.333 e. The lowest BCUT2D eigenvalue weighted by molar-refractivity contribution is 0.253. The molecule has 0 saturated heterocycles. The smallest absolute Gasteiger partial charge is 0.283 e. The lowest BCUT2D eigenvalue weighted by Crippen LogP contribution is -2.17. The van der Waals surface area contributed by atoms with Crippen LogP contribution in [-0.4, -0.2) is 36.8 Å². The van der Waals surface area contributed by atoms with Crippen LogP contribution in [0.25, 0.3) is 10.6 Å². The molecule has 0 bridgehead atoms. The average Bonchev–Trinajstić information content (AvgIpc) is 3.16. The number of thioether (sulfide) groups is 1. The summed E-state index contributed by atoms with van der Waals surface area (Å²) in [5.74, 6) is 0. The molecule has 0 spiro atoms. The van der Waals surface area contributed by atoms with E-state index in [-0.39, 0.29) is 6.03 Å². The van der Waals surface area contributed by atoms with Gasteiger partial charge in [-0.05, 0) is 26.2 Å². The van der Waals surface area contributed by atoms with Gasteiger partial charge < -0.3 is 0 Å². The van der Waals surface area contributed by atoms with Gasteiger partial charge in [0, 0.05) is 18.1 Å². The lowest BCUT2D eigenvalue weighted by atomic mass is 10.2. The summed E-state index contributed by atoms with van der Waals surface area (Å²) in [6.07, 6.45) is 6.51. The van der Waals surface area contributed by atoms with Crippen LogP contribution in [-0.2, 0) is 0 Å². The molecule has 7 nitrogen and oxygen atoms in total. The molecule has 3 rings (SSSR count). The van der Waals surface area contributed by atoms with E-state index < -0.39 is 0 Å². The molecule has 0 aromatic carbocycles. The zero-order chi connectivity index (χ0) is 16.4.